The molecule has 1 aromatic rings. The first kappa shape index (κ1) is 13.6. The van der Waals surface area contributed by atoms with Gasteiger partial charge in [-0.25, -0.2) is 0 Å². The molecular weight excluding hydrogens is 248 g/mol. The first-order valence-electron chi connectivity index (χ1n) is 6.40. The highest BCUT2D eigenvalue weighted by molar-refractivity contribution is 5.59. The number of hydrogen-bond acceptors (Lipinski definition) is 5. The van der Waals surface area contributed by atoms with Gasteiger partial charge in [0.05, 0.1) is 23.7 Å². The maximum Gasteiger partial charge on any atom is 0.311 e. The summed E-state index contributed by atoms with van der Waals surface area (Å²) < 4.78 is 5.29. The molecule has 0 aliphatic heterocycles. The predicted octanol–water partition coefficient (Wildman–Crippen LogP) is 2.32. The Kier molecular flexibility index (Phi) is 3.90. The molecule has 1 aliphatic carbocycles. The van der Waals surface area contributed by atoms with Crippen LogP contribution in [0.1, 0.15) is 26.2 Å². The molecule has 6 nitrogen and oxygen atoms in total. The first-order chi connectivity index (χ1) is 9.10. The number of benzene rings is 1. The molecule has 0 spiro atoms. The smallest absolute Gasteiger partial charge is 0.311 e. The SMILES string of the molecule is CCOc1cc(NC2(CO)CCC2)ccc1[N+](=O)[O-]. The summed E-state index contributed by atoms with van der Waals surface area (Å²) in [6.07, 6.45) is 2.90. The molecule has 0 aromatic heterocycles. The minimum absolute atomic E-state index is 0.0425. The summed E-state index contributed by atoms with van der Waals surface area (Å²) in [5.41, 5.74) is 0.418. The number of nitrogens with zero attached hydrogens (tertiary/aromatic N) is 1. The molecule has 1 aromatic carbocycles. The van der Waals surface area contributed by atoms with Gasteiger partial charge in [0.25, 0.3) is 0 Å². The molecule has 0 saturated heterocycles. The molecule has 19 heavy (non-hydrogen) atoms. The first-order valence-corrected chi connectivity index (χ1v) is 6.40. The zero-order valence-electron chi connectivity index (χ0n) is 10.9. The van der Waals surface area contributed by atoms with E-state index in [1.165, 1.54) is 6.07 Å². The zero-order valence-corrected chi connectivity index (χ0v) is 10.9. The van der Waals surface area contributed by atoms with Gasteiger partial charge in [-0.15, -0.1) is 0 Å². The van der Waals surface area contributed by atoms with Gasteiger partial charge in [0.15, 0.2) is 5.75 Å². The third kappa shape index (κ3) is 2.78. The number of nitro groups is 1. The Morgan fingerprint density at radius 3 is 2.74 bits per heavy atom. The molecule has 0 radical (unpaired) electrons. The molecule has 2 rings (SSSR count). The topological polar surface area (TPSA) is 84.6 Å². The average Bonchev–Trinajstić information content (AvgIpc) is 2.34. The second-order valence-electron chi connectivity index (χ2n) is 4.79. The van der Waals surface area contributed by atoms with Crippen LogP contribution in [-0.2, 0) is 0 Å². The van der Waals surface area contributed by atoms with Crippen molar-refractivity contribution in [2.45, 2.75) is 31.7 Å². The van der Waals surface area contributed by atoms with E-state index in [0.29, 0.717) is 6.61 Å². The Hall–Kier alpha value is -1.82. The summed E-state index contributed by atoms with van der Waals surface area (Å²) in [6.45, 7) is 2.22. The van der Waals surface area contributed by atoms with Gasteiger partial charge in [0.2, 0.25) is 0 Å². The highest BCUT2D eigenvalue weighted by Gasteiger charge is 2.36. The van der Waals surface area contributed by atoms with Crippen molar-refractivity contribution in [3.63, 3.8) is 0 Å². The Morgan fingerprint density at radius 2 is 2.26 bits per heavy atom. The van der Waals surface area contributed by atoms with Gasteiger partial charge in [0.1, 0.15) is 0 Å². The van der Waals surface area contributed by atoms with E-state index in [1.54, 1.807) is 19.1 Å². The van der Waals surface area contributed by atoms with Gasteiger partial charge < -0.3 is 15.2 Å². The van der Waals surface area contributed by atoms with Gasteiger partial charge in [-0.1, -0.05) is 0 Å². The summed E-state index contributed by atoms with van der Waals surface area (Å²) in [7, 11) is 0. The Bertz CT molecular complexity index is 466. The lowest BCUT2D eigenvalue weighted by Crippen LogP contribution is -2.48. The Labute approximate surface area is 111 Å². The molecular formula is C13H18N2O4. The molecule has 2 N–H and O–H groups in total. The van der Waals surface area contributed by atoms with Gasteiger partial charge >= 0.3 is 5.69 Å². The monoisotopic (exact) mass is 266 g/mol. The van der Waals surface area contributed by atoms with E-state index >= 15 is 0 Å². The number of aliphatic hydroxyl groups excluding tert-OH is 1. The number of nitro benzene ring substituents is 1. The minimum Gasteiger partial charge on any atom is -0.487 e. The third-order valence-electron chi connectivity index (χ3n) is 3.48. The molecule has 0 unspecified atom stereocenters. The molecule has 104 valence electrons. The maximum absolute atomic E-state index is 10.9. The molecule has 0 amide bonds. The van der Waals surface area contributed by atoms with E-state index in [0.717, 1.165) is 24.9 Å². The van der Waals surface area contributed by atoms with Crippen LogP contribution in [0.2, 0.25) is 0 Å². The highest BCUT2D eigenvalue weighted by atomic mass is 16.6. The van der Waals surface area contributed by atoms with Crippen LogP contribution in [0.5, 0.6) is 5.75 Å². The fourth-order valence-electron chi connectivity index (χ4n) is 2.25. The molecule has 1 aliphatic rings. The maximum atomic E-state index is 10.9. The van der Waals surface area contributed by atoms with Crippen LogP contribution in [0.15, 0.2) is 18.2 Å². The van der Waals surface area contributed by atoms with Gasteiger partial charge in [-0.05, 0) is 32.3 Å². The summed E-state index contributed by atoms with van der Waals surface area (Å²) >= 11 is 0. The number of aliphatic hydroxyl groups is 1. The van der Waals surface area contributed by atoms with E-state index in [1.807, 2.05) is 0 Å². The van der Waals surface area contributed by atoms with Gasteiger partial charge in [0, 0.05) is 17.8 Å². The molecule has 1 saturated carbocycles. The molecule has 0 bridgehead atoms. The van der Waals surface area contributed by atoms with Crippen LogP contribution in [0, 0.1) is 10.1 Å². The van der Waals surface area contributed by atoms with E-state index in [2.05, 4.69) is 5.32 Å². The number of nitrogens with one attached hydrogen (secondary N) is 1. The molecule has 6 heteroatoms. The third-order valence-corrected chi connectivity index (χ3v) is 3.48. The van der Waals surface area contributed by atoms with Crippen LogP contribution in [-0.4, -0.2) is 28.8 Å². The molecule has 0 atom stereocenters. The van der Waals surface area contributed by atoms with Crippen molar-refractivity contribution in [1.29, 1.82) is 0 Å². The molecule has 0 heterocycles. The normalized spacial score (nSPS) is 16.5. The largest absolute Gasteiger partial charge is 0.487 e. The van der Waals surface area contributed by atoms with Crippen LogP contribution in [0.25, 0.3) is 0 Å². The summed E-state index contributed by atoms with van der Waals surface area (Å²) in [6, 6.07) is 4.70. The lowest BCUT2D eigenvalue weighted by Gasteiger charge is -2.41. The van der Waals surface area contributed by atoms with E-state index < -0.39 is 4.92 Å². The number of rotatable bonds is 6. The fourth-order valence-corrected chi connectivity index (χ4v) is 2.25. The summed E-state index contributed by atoms with van der Waals surface area (Å²) in [4.78, 5) is 10.4. The Morgan fingerprint density at radius 1 is 1.53 bits per heavy atom. The van der Waals surface area contributed by atoms with Gasteiger partial charge in [-0.3, -0.25) is 10.1 Å². The van der Waals surface area contributed by atoms with E-state index in [4.69, 9.17) is 4.74 Å². The number of anilines is 1. The van der Waals surface area contributed by atoms with Crippen molar-refractivity contribution in [2.75, 3.05) is 18.5 Å². The van der Waals surface area contributed by atoms with Crippen molar-refractivity contribution in [3.05, 3.63) is 28.3 Å². The van der Waals surface area contributed by atoms with Crippen molar-refractivity contribution < 1.29 is 14.8 Å². The van der Waals surface area contributed by atoms with Gasteiger partial charge in [-0.2, -0.15) is 0 Å². The van der Waals surface area contributed by atoms with E-state index in [-0.39, 0.29) is 23.6 Å². The fraction of sp³-hybridized carbons (Fsp3) is 0.538. The lowest BCUT2D eigenvalue weighted by atomic mass is 9.77. The van der Waals surface area contributed by atoms with Crippen molar-refractivity contribution in [2.24, 2.45) is 0 Å². The standard InChI is InChI=1S/C13H18N2O4/c1-2-19-12-8-10(4-5-11(12)15(17)18)14-13(9-16)6-3-7-13/h4-5,8,14,16H,2-3,6-7,9H2,1H3. The Balaban J connectivity index is 2.22. The van der Waals surface area contributed by atoms with Crippen LogP contribution in [0.4, 0.5) is 11.4 Å². The van der Waals surface area contributed by atoms with Crippen molar-refractivity contribution >= 4 is 11.4 Å². The van der Waals surface area contributed by atoms with Crippen molar-refractivity contribution in [3.8, 4) is 5.75 Å². The second kappa shape index (κ2) is 5.44. The van der Waals surface area contributed by atoms with Crippen molar-refractivity contribution in [1.82, 2.24) is 0 Å². The highest BCUT2D eigenvalue weighted by Crippen LogP contribution is 2.37. The van der Waals surface area contributed by atoms with Crippen LogP contribution >= 0.6 is 0 Å². The van der Waals surface area contributed by atoms with Crippen LogP contribution < -0.4 is 10.1 Å². The second-order valence-corrected chi connectivity index (χ2v) is 4.79. The number of hydrogen-bond donors (Lipinski definition) is 2. The quantitative estimate of drug-likeness (QED) is 0.609. The van der Waals surface area contributed by atoms with E-state index in [9.17, 15) is 15.2 Å². The summed E-state index contributed by atoms with van der Waals surface area (Å²) in [5.74, 6) is 0.255. The summed E-state index contributed by atoms with van der Waals surface area (Å²) in [5, 5.41) is 23.5. The number of ether oxygens (including phenoxy) is 1. The van der Waals surface area contributed by atoms with Crippen LogP contribution in [0.3, 0.4) is 0 Å². The predicted molar refractivity (Wildman–Crippen MR) is 71.6 cm³/mol. The zero-order chi connectivity index (χ0) is 13.9. The lowest BCUT2D eigenvalue weighted by molar-refractivity contribution is -0.385. The average molecular weight is 266 g/mol. The minimum atomic E-state index is -0.458. The molecule has 1 fully saturated rings.